The lowest BCUT2D eigenvalue weighted by Crippen LogP contribution is -2.53. The summed E-state index contributed by atoms with van der Waals surface area (Å²) in [4.78, 5) is 38.9. The van der Waals surface area contributed by atoms with Crippen molar-refractivity contribution in [1.82, 2.24) is 20.3 Å². The molecule has 1 aliphatic rings. The first kappa shape index (κ1) is 32.8. The molecule has 2 heterocycles. The van der Waals surface area contributed by atoms with Gasteiger partial charge in [-0.3, -0.25) is 4.79 Å². The second kappa shape index (κ2) is 14.1. The molecule has 1 aromatic carbocycles. The molecule has 3 N–H and O–H groups in total. The summed E-state index contributed by atoms with van der Waals surface area (Å²) in [6, 6.07) is 8.16. The van der Waals surface area contributed by atoms with Crippen LogP contribution in [0.4, 0.5) is 25.1 Å². The van der Waals surface area contributed by atoms with Crippen LogP contribution in [0.3, 0.4) is 0 Å². The summed E-state index contributed by atoms with van der Waals surface area (Å²) in [6.07, 6.45) is 7.38. The van der Waals surface area contributed by atoms with Crippen LogP contribution < -0.4 is 20.7 Å². The van der Waals surface area contributed by atoms with Gasteiger partial charge in [0.05, 0.1) is 11.4 Å². The van der Waals surface area contributed by atoms with E-state index in [1.54, 1.807) is 63.5 Å². The number of anilines is 2. The van der Waals surface area contributed by atoms with E-state index in [4.69, 9.17) is 14.5 Å². The Balaban J connectivity index is 1.60. The molecule has 10 nitrogen and oxygen atoms in total. The molecule has 3 aromatic rings. The topological polar surface area (TPSA) is 127 Å². The lowest BCUT2D eigenvalue weighted by atomic mass is 9.76. The first-order chi connectivity index (χ1) is 20.9. The van der Waals surface area contributed by atoms with E-state index >= 15 is 0 Å². The van der Waals surface area contributed by atoms with Gasteiger partial charge in [0.15, 0.2) is 11.6 Å². The number of aromatic nitrogens is 3. The van der Waals surface area contributed by atoms with E-state index in [1.165, 1.54) is 6.07 Å². The predicted octanol–water partition coefficient (Wildman–Crippen LogP) is 7.32. The minimum atomic E-state index is -2.99. The standard InChI is InChI=1S/C31H35BrF2N6O4/c1-5-6-11-25(41)38-23-13-12-22(39-26(23)35-18-20-21(32)9-7-10-24(20)43-28(33)34)19-16-36-27(37-17-19)31(14-8-15-31)40-29(42)44-30(2,3)4/h5,7,9-10,12-13,16-17,28H,1,6,8,11,14-15,18H2,2-4H3,(H,35,39)(H,38,41)(H,40,42). The highest BCUT2D eigenvalue weighted by molar-refractivity contribution is 9.10. The number of nitrogens with zero attached hydrogens (tertiary/aromatic N) is 3. The number of pyridine rings is 1. The Bertz CT molecular complexity index is 1490. The molecule has 0 aliphatic heterocycles. The van der Waals surface area contributed by atoms with Gasteiger partial charge in [0, 0.05) is 41.0 Å². The van der Waals surface area contributed by atoms with E-state index in [9.17, 15) is 18.4 Å². The summed E-state index contributed by atoms with van der Waals surface area (Å²) in [5.41, 5.74) is 0.598. The van der Waals surface area contributed by atoms with Crippen LogP contribution in [0.25, 0.3) is 11.3 Å². The van der Waals surface area contributed by atoms with Crippen molar-refractivity contribution in [2.75, 3.05) is 10.6 Å². The number of rotatable bonds is 12. The second-order valence-electron chi connectivity index (χ2n) is 11.3. The van der Waals surface area contributed by atoms with Crippen molar-refractivity contribution >= 4 is 39.4 Å². The van der Waals surface area contributed by atoms with Crippen molar-refractivity contribution in [3.05, 3.63) is 71.2 Å². The van der Waals surface area contributed by atoms with Crippen molar-refractivity contribution in [1.29, 1.82) is 0 Å². The summed E-state index contributed by atoms with van der Waals surface area (Å²) in [7, 11) is 0. The largest absolute Gasteiger partial charge is 0.444 e. The summed E-state index contributed by atoms with van der Waals surface area (Å²) in [5.74, 6) is 0.548. The summed E-state index contributed by atoms with van der Waals surface area (Å²) in [6.45, 7) is 6.11. The molecule has 0 radical (unpaired) electrons. The molecule has 0 unspecified atom stereocenters. The SMILES string of the molecule is C=CCCC(=O)Nc1ccc(-c2cnc(C3(NC(=O)OC(C)(C)C)CCC3)nc2)nc1NCc1c(Br)cccc1OC(F)F. The highest BCUT2D eigenvalue weighted by Crippen LogP contribution is 2.40. The normalized spacial score (nSPS) is 13.9. The monoisotopic (exact) mass is 672 g/mol. The molecular formula is C31H35BrF2N6O4. The highest BCUT2D eigenvalue weighted by Gasteiger charge is 2.43. The number of alkyl halides is 2. The molecule has 234 valence electrons. The van der Waals surface area contributed by atoms with E-state index in [0.717, 1.165) is 6.42 Å². The summed E-state index contributed by atoms with van der Waals surface area (Å²) in [5, 5.41) is 8.93. The van der Waals surface area contributed by atoms with Crippen molar-refractivity contribution in [2.45, 2.75) is 77.2 Å². The molecule has 4 rings (SSSR count). The van der Waals surface area contributed by atoms with Gasteiger partial charge in [0.25, 0.3) is 0 Å². The Hall–Kier alpha value is -4.13. The molecule has 0 saturated heterocycles. The van der Waals surface area contributed by atoms with Gasteiger partial charge in [0.2, 0.25) is 5.91 Å². The third-order valence-electron chi connectivity index (χ3n) is 6.79. The molecule has 13 heteroatoms. The number of alkyl carbamates (subject to hydrolysis) is 1. The molecule has 2 aromatic heterocycles. The number of hydrogen-bond acceptors (Lipinski definition) is 8. The Kier molecular flexibility index (Phi) is 10.5. The van der Waals surface area contributed by atoms with Crippen molar-refractivity contribution in [3.8, 4) is 17.0 Å². The third kappa shape index (κ3) is 8.49. The molecule has 2 amide bonds. The van der Waals surface area contributed by atoms with Crippen molar-refractivity contribution in [2.24, 2.45) is 0 Å². The number of hydrogen-bond donors (Lipinski definition) is 3. The molecule has 1 fully saturated rings. The van der Waals surface area contributed by atoms with Crippen LogP contribution in [0, 0.1) is 0 Å². The van der Waals surface area contributed by atoms with Crippen LogP contribution in [0.2, 0.25) is 0 Å². The Morgan fingerprint density at radius 1 is 1.16 bits per heavy atom. The number of nitrogens with one attached hydrogen (secondary N) is 3. The number of ether oxygens (including phenoxy) is 2. The average molecular weight is 674 g/mol. The first-order valence-corrected chi connectivity index (χ1v) is 14.9. The van der Waals surface area contributed by atoms with Gasteiger partial charge in [-0.2, -0.15) is 8.78 Å². The maximum Gasteiger partial charge on any atom is 0.408 e. The fourth-order valence-electron chi connectivity index (χ4n) is 4.53. The zero-order valence-electron chi connectivity index (χ0n) is 24.8. The first-order valence-electron chi connectivity index (χ1n) is 14.1. The van der Waals surface area contributed by atoms with E-state index in [-0.39, 0.29) is 24.6 Å². The molecule has 0 bridgehead atoms. The van der Waals surface area contributed by atoms with Gasteiger partial charge in [-0.15, -0.1) is 6.58 Å². The minimum Gasteiger partial charge on any atom is -0.444 e. The summed E-state index contributed by atoms with van der Waals surface area (Å²) >= 11 is 3.40. The lowest BCUT2D eigenvalue weighted by molar-refractivity contribution is -0.116. The number of amides is 2. The second-order valence-corrected chi connectivity index (χ2v) is 12.1. The minimum absolute atomic E-state index is 0.00324. The van der Waals surface area contributed by atoms with Crippen LogP contribution in [-0.2, 0) is 21.6 Å². The van der Waals surface area contributed by atoms with E-state index in [0.29, 0.717) is 57.9 Å². The Morgan fingerprint density at radius 2 is 1.89 bits per heavy atom. The number of allylic oxidation sites excluding steroid dienone is 1. The zero-order chi connectivity index (χ0) is 31.9. The van der Waals surface area contributed by atoms with Crippen LogP contribution >= 0.6 is 15.9 Å². The van der Waals surface area contributed by atoms with Gasteiger partial charge in [-0.25, -0.2) is 19.7 Å². The van der Waals surface area contributed by atoms with E-state index in [2.05, 4.69) is 48.4 Å². The molecule has 0 spiro atoms. The number of carbonyl (C=O) groups excluding carboxylic acids is 2. The molecule has 1 aliphatic carbocycles. The molecular weight excluding hydrogens is 638 g/mol. The van der Waals surface area contributed by atoms with Gasteiger partial charge in [-0.1, -0.05) is 28.1 Å². The fraction of sp³-hybridized carbons (Fsp3) is 0.387. The predicted molar refractivity (Wildman–Crippen MR) is 166 cm³/mol. The van der Waals surface area contributed by atoms with Gasteiger partial charge in [0.1, 0.15) is 16.9 Å². The van der Waals surface area contributed by atoms with Crippen LogP contribution in [0.15, 0.2) is 59.9 Å². The van der Waals surface area contributed by atoms with Crippen molar-refractivity contribution < 1.29 is 27.8 Å². The Morgan fingerprint density at radius 3 is 2.50 bits per heavy atom. The summed E-state index contributed by atoms with van der Waals surface area (Å²) < 4.78 is 36.8. The van der Waals surface area contributed by atoms with E-state index < -0.39 is 23.8 Å². The smallest absolute Gasteiger partial charge is 0.408 e. The van der Waals surface area contributed by atoms with Gasteiger partial charge in [-0.05, 0) is 70.7 Å². The van der Waals surface area contributed by atoms with Crippen LogP contribution in [0.5, 0.6) is 5.75 Å². The number of carbonyl (C=O) groups is 2. The average Bonchev–Trinajstić information content (AvgIpc) is 2.93. The van der Waals surface area contributed by atoms with Gasteiger partial charge < -0.3 is 25.4 Å². The third-order valence-corrected chi connectivity index (χ3v) is 7.54. The van der Waals surface area contributed by atoms with Crippen LogP contribution in [0.1, 0.15) is 64.3 Å². The molecule has 44 heavy (non-hydrogen) atoms. The number of benzene rings is 1. The number of halogens is 3. The van der Waals surface area contributed by atoms with E-state index in [1.807, 2.05) is 0 Å². The maximum atomic E-state index is 13.0. The highest BCUT2D eigenvalue weighted by atomic mass is 79.9. The molecule has 0 atom stereocenters. The quantitative estimate of drug-likeness (QED) is 0.171. The van der Waals surface area contributed by atoms with Crippen LogP contribution in [-0.4, -0.2) is 39.2 Å². The maximum absolute atomic E-state index is 13.0. The Labute approximate surface area is 263 Å². The fourth-order valence-corrected chi connectivity index (χ4v) is 5.02. The zero-order valence-corrected chi connectivity index (χ0v) is 26.3. The lowest BCUT2D eigenvalue weighted by Gasteiger charge is -2.41. The van der Waals surface area contributed by atoms with Crippen molar-refractivity contribution in [3.63, 3.8) is 0 Å². The van der Waals surface area contributed by atoms with Gasteiger partial charge >= 0.3 is 12.7 Å². The molecule has 1 saturated carbocycles.